The minimum atomic E-state index is -1.13. The van der Waals surface area contributed by atoms with Crippen molar-refractivity contribution in [3.05, 3.63) is 0 Å². The van der Waals surface area contributed by atoms with Crippen LogP contribution in [0.2, 0.25) is 0 Å². The van der Waals surface area contributed by atoms with Gasteiger partial charge in [-0.05, 0) is 31.7 Å². The van der Waals surface area contributed by atoms with E-state index < -0.39 is 17.8 Å². The zero-order valence-corrected chi connectivity index (χ0v) is 19.2. The van der Waals surface area contributed by atoms with Gasteiger partial charge in [-0.2, -0.15) is 0 Å². The molecule has 6 aliphatic rings. The maximum absolute atomic E-state index is 12.4. The highest BCUT2D eigenvalue weighted by Gasteiger charge is 2.86. The molecule has 5 saturated carbocycles. The normalized spacial score (nSPS) is 61.6. The number of methoxy groups -OCH3 is 3. The van der Waals surface area contributed by atoms with Crippen LogP contribution in [0.5, 0.6) is 0 Å². The fourth-order valence-corrected chi connectivity index (χ4v) is 10.7. The first-order valence-corrected chi connectivity index (χ1v) is 12.2. The molecule has 0 unspecified atom stereocenters. The summed E-state index contributed by atoms with van der Waals surface area (Å²) in [6.45, 7) is 4.57. The number of fused-ring (bicyclic) bond motifs is 2. The van der Waals surface area contributed by atoms with Crippen molar-refractivity contribution >= 4 is 0 Å². The number of aliphatic hydroxyl groups is 3. The van der Waals surface area contributed by atoms with Gasteiger partial charge < -0.3 is 29.5 Å². The molecule has 7 heteroatoms. The highest BCUT2D eigenvalue weighted by Crippen LogP contribution is 2.79. The number of aliphatic hydroxyl groups excluding tert-OH is 2. The molecule has 0 amide bonds. The Morgan fingerprint density at radius 1 is 1.06 bits per heavy atom. The molecule has 6 rings (SSSR count). The van der Waals surface area contributed by atoms with E-state index >= 15 is 0 Å². The van der Waals surface area contributed by atoms with E-state index in [1.807, 2.05) is 7.11 Å². The van der Waals surface area contributed by atoms with E-state index in [4.69, 9.17) is 14.2 Å². The molecule has 31 heavy (non-hydrogen) atoms. The van der Waals surface area contributed by atoms with E-state index in [9.17, 15) is 15.3 Å². The highest BCUT2D eigenvalue weighted by atomic mass is 16.5. The second-order valence-electron chi connectivity index (χ2n) is 11.6. The van der Waals surface area contributed by atoms with E-state index in [0.29, 0.717) is 13.0 Å². The summed E-state index contributed by atoms with van der Waals surface area (Å²) < 4.78 is 17.9. The van der Waals surface area contributed by atoms with Gasteiger partial charge in [0.2, 0.25) is 0 Å². The number of likely N-dealkylation sites (tertiary alicyclic amines) is 1. The van der Waals surface area contributed by atoms with Crippen molar-refractivity contribution in [1.82, 2.24) is 4.90 Å². The Morgan fingerprint density at radius 2 is 1.84 bits per heavy atom. The number of hydrogen-bond acceptors (Lipinski definition) is 7. The highest BCUT2D eigenvalue weighted by molar-refractivity contribution is 5.35. The van der Waals surface area contributed by atoms with Gasteiger partial charge in [-0.1, -0.05) is 6.92 Å². The molecule has 176 valence electrons. The third-order valence-electron chi connectivity index (χ3n) is 11.1. The SMILES string of the molecule is CCN1C[C@]2(COC)CC[C@H](OC)[C@@]34[C@@H]5C[C@H]6[C@H](O)[C@@H]5[C@](O)(C[C@@H]6OC)[C@@H]([C@H](O)[C@H]23)[C@H]14. The summed E-state index contributed by atoms with van der Waals surface area (Å²) in [6, 6.07) is 0.0561. The molecule has 0 aromatic rings. The Labute approximate surface area is 185 Å². The van der Waals surface area contributed by atoms with Crippen LogP contribution in [0.3, 0.4) is 0 Å². The number of nitrogens with zero attached hydrogens (tertiary/aromatic N) is 1. The van der Waals surface area contributed by atoms with E-state index in [0.717, 1.165) is 32.4 Å². The monoisotopic (exact) mass is 437 g/mol. The molecule has 0 aromatic carbocycles. The molecule has 6 fully saturated rings. The standard InChI is InChI=1S/C24H39NO6/c1-5-25-10-22(11-29-2)7-6-15(31-4)24-13-8-12-14(30-3)9-23(28,16(13)18(12)26)17(21(24)25)19(27)20(22)24/h12-21,26-28H,5-11H2,1-4H3/t12-,13-,14+,15+,16-,17+,18+,19+,20-,21+,22+,23-,24+/m1/s1. The minimum Gasteiger partial charge on any atom is -0.392 e. The zero-order valence-electron chi connectivity index (χ0n) is 19.2. The van der Waals surface area contributed by atoms with Gasteiger partial charge in [0.25, 0.3) is 0 Å². The van der Waals surface area contributed by atoms with Gasteiger partial charge in [-0.3, -0.25) is 4.90 Å². The quantitative estimate of drug-likeness (QED) is 0.577. The van der Waals surface area contributed by atoms with Gasteiger partial charge >= 0.3 is 0 Å². The molecular formula is C24H39NO6. The van der Waals surface area contributed by atoms with Crippen LogP contribution in [-0.4, -0.2) is 97.3 Å². The van der Waals surface area contributed by atoms with Crippen LogP contribution in [0.1, 0.15) is 32.6 Å². The number of rotatable bonds is 5. The lowest BCUT2D eigenvalue weighted by Crippen LogP contribution is -2.76. The first-order valence-electron chi connectivity index (χ1n) is 12.2. The van der Waals surface area contributed by atoms with Crippen molar-refractivity contribution in [1.29, 1.82) is 0 Å². The Kier molecular flexibility index (Phi) is 4.56. The minimum absolute atomic E-state index is 0.0167. The van der Waals surface area contributed by atoms with E-state index in [2.05, 4.69) is 11.8 Å². The first kappa shape index (κ1) is 21.3. The second-order valence-corrected chi connectivity index (χ2v) is 11.6. The van der Waals surface area contributed by atoms with Crippen molar-refractivity contribution in [2.24, 2.45) is 40.4 Å². The maximum Gasteiger partial charge on any atom is 0.0796 e. The summed E-state index contributed by atoms with van der Waals surface area (Å²) >= 11 is 0. The predicted octanol–water partition coefficient (Wildman–Crippen LogP) is 0.502. The Bertz CT molecular complexity index is 752. The lowest BCUT2D eigenvalue weighted by molar-refractivity contribution is -0.276. The summed E-state index contributed by atoms with van der Waals surface area (Å²) in [5.41, 5.74) is -1.55. The third kappa shape index (κ3) is 2.12. The Balaban J connectivity index is 1.62. The van der Waals surface area contributed by atoms with Crippen molar-refractivity contribution in [3.8, 4) is 0 Å². The van der Waals surface area contributed by atoms with Crippen LogP contribution in [-0.2, 0) is 14.2 Å². The summed E-state index contributed by atoms with van der Waals surface area (Å²) in [6.07, 6.45) is 1.86. The Hall–Kier alpha value is -0.280. The summed E-state index contributed by atoms with van der Waals surface area (Å²) in [5.74, 6) is -0.366. The van der Waals surface area contributed by atoms with Gasteiger partial charge in [-0.25, -0.2) is 0 Å². The van der Waals surface area contributed by atoms with Crippen molar-refractivity contribution in [2.75, 3.05) is 41.0 Å². The smallest absolute Gasteiger partial charge is 0.0796 e. The Morgan fingerprint density at radius 3 is 2.48 bits per heavy atom. The van der Waals surface area contributed by atoms with Crippen molar-refractivity contribution in [3.63, 3.8) is 0 Å². The van der Waals surface area contributed by atoms with Gasteiger partial charge in [0.05, 0.1) is 36.6 Å². The van der Waals surface area contributed by atoms with Crippen LogP contribution in [0.4, 0.5) is 0 Å². The molecule has 5 aliphatic carbocycles. The average molecular weight is 438 g/mol. The van der Waals surface area contributed by atoms with Gasteiger partial charge in [-0.15, -0.1) is 0 Å². The third-order valence-corrected chi connectivity index (χ3v) is 11.1. The van der Waals surface area contributed by atoms with Crippen molar-refractivity contribution in [2.45, 2.75) is 68.7 Å². The second kappa shape index (κ2) is 6.65. The lowest BCUT2D eigenvalue weighted by Gasteiger charge is -2.69. The molecule has 7 nitrogen and oxygen atoms in total. The summed E-state index contributed by atoms with van der Waals surface area (Å²) in [7, 11) is 5.26. The zero-order chi connectivity index (χ0) is 21.9. The number of ether oxygens (including phenoxy) is 3. The molecule has 0 radical (unpaired) electrons. The molecular weight excluding hydrogens is 398 g/mol. The molecule has 13 atom stereocenters. The number of piperidine rings is 1. The van der Waals surface area contributed by atoms with Crippen molar-refractivity contribution < 1.29 is 29.5 Å². The van der Waals surface area contributed by atoms with E-state index in [1.165, 1.54) is 0 Å². The number of hydrogen-bond donors (Lipinski definition) is 3. The lowest BCUT2D eigenvalue weighted by atomic mass is 9.43. The fraction of sp³-hybridized carbons (Fsp3) is 1.00. The van der Waals surface area contributed by atoms with Gasteiger partial charge in [0.1, 0.15) is 0 Å². The topological polar surface area (TPSA) is 91.6 Å². The summed E-state index contributed by atoms with van der Waals surface area (Å²) in [4.78, 5) is 2.52. The van der Waals surface area contributed by atoms with Crippen LogP contribution >= 0.6 is 0 Å². The molecule has 1 saturated heterocycles. The average Bonchev–Trinajstić information content (AvgIpc) is 3.14. The molecule has 1 heterocycles. The van der Waals surface area contributed by atoms with Crippen LogP contribution in [0.15, 0.2) is 0 Å². The molecule has 1 aliphatic heterocycles. The fourth-order valence-electron chi connectivity index (χ4n) is 10.7. The molecule has 0 aromatic heterocycles. The predicted molar refractivity (Wildman–Crippen MR) is 112 cm³/mol. The van der Waals surface area contributed by atoms with Crippen LogP contribution in [0, 0.1) is 40.4 Å². The first-order chi connectivity index (χ1) is 14.9. The molecule has 7 bridgehead atoms. The van der Waals surface area contributed by atoms with Gasteiger partial charge in [0.15, 0.2) is 0 Å². The maximum atomic E-state index is 12.4. The van der Waals surface area contributed by atoms with Crippen LogP contribution < -0.4 is 0 Å². The summed E-state index contributed by atoms with van der Waals surface area (Å²) in [5, 5.41) is 35.9. The van der Waals surface area contributed by atoms with Gasteiger partial charge in [0, 0.05) is 74.8 Å². The van der Waals surface area contributed by atoms with Crippen LogP contribution in [0.25, 0.3) is 0 Å². The van der Waals surface area contributed by atoms with E-state index in [1.54, 1.807) is 14.2 Å². The molecule has 3 N–H and O–H groups in total. The largest absolute Gasteiger partial charge is 0.392 e. The molecule has 1 spiro atoms. The van der Waals surface area contributed by atoms with E-state index in [-0.39, 0.29) is 58.7 Å².